The smallest absolute Gasteiger partial charge is 0.418 e. The van der Waals surface area contributed by atoms with Crippen LogP contribution in [0.5, 0.6) is 0 Å². The number of aromatic nitrogens is 1. The van der Waals surface area contributed by atoms with E-state index in [9.17, 15) is 26.7 Å². The molecule has 0 bridgehead atoms. The average Bonchev–Trinajstić information content (AvgIpc) is 2.25. The number of nitrogens with zero attached hydrogens (tertiary/aromatic N) is 1. The van der Waals surface area contributed by atoms with Gasteiger partial charge in [0.25, 0.3) is 6.43 Å². The highest BCUT2D eigenvalue weighted by atomic mass is 35.5. The fourth-order valence-electron chi connectivity index (χ4n) is 1.24. The first-order chi connectivity index (χ1) is 8.18. The van der Waals surface area contributed by atoms with Crippen molar-refractivity contribution >= 4 is 17.6 Å². The highest BCUT2D eigenvalue weighted by molar-refractivity contribution is 6.17. The number of rotatable bonds is 3. The zero-order valence-electron chi connectivity index (χ0n) is 8.43. The van der Waals surface area contributed by atoms with Crippen molar-refractivity contribution in [2.45, 2.75) is 18.5 Å². The van der Waals surface area contributed by atoms with Crippen molar-refractivity contribution in [3.8, 4) is 0 Å². The maximum absolute atomic E-state index is 12.5. The van der Waals surface area contributed by atoms with Crippen LogP contribution in [0.25, 0.3) is 0 Å². The largest absolute Gasteiger partial charge is 0.476 e. The van der Waals surface area contributed by atoms with Crippen LogP contribution in [-0.4, -0.2) is 16.1 Å². The lowest BCUT2D eigenvalue weighted by atomic mass is 10.1. The van der Waals surface area contributed by atoms with E-state index in [0.29, 0.717) is 0 Å². The van der Waals surface area contributed by atoms with E-state index in [0.717, 1.165) is 0 Å². The minimum absolute atomic E-state index is 0.0683. The highest BCUT2D eigenvalue weighted by Gasteiger charge is 2.38. The van der Waals surface area contributed by atoms with Crippen molar-refractivity contribution in [1.29, 1.82) is 0 Å². The van der Waals surface area contributed by atoms with Crippen LogP contribution in [0.15, 0.2) is 6.07 Å². The minimum atomic E-state index is -5.09. The predicted molar refractivity (Wildman–Crippen MR) is 50.7 cm³/mol. The summed E-state index contributed by atoms with van der Waals surface area (Å²) in [4.78, 5) is 13.7. The van der Waals surface area contributed by atoms with Gasteiger partial charge in [0.2, 0.25) is 0 Å². The highest BCUT2D eigenvalue weighted by Crippen LogP contribution is 2.35. The molecule has 0 saturated carbocycles. The molecule has 3 nitrogen and oxygen atoms in total. The lowest BCUT2D eigenvalue weighted by molar-refractivity contribution is -0.138. The van der Waals surface area contributed by atoms with Crippen LogP contribution in [0.2, 0.25) is 0 Å². The zero-order chi connectivity index (χ0) is 14.1. The standard InChI is InChI=1S/C9H5ClF5NO2/c10-2-5-3(7(11)12)1-4(9(13,14)15)6(16-5)8(17)18/h1,7H,2H2,(H,17,18). The van der Waals surface area contributed by atoms with Crippen LogP contribution >= 0.6 is 11.6 Å². The fourth-order valence-corrected chi connectivity index (χ4v) is 1.46. The fraction of sp³-hybridized carbons (Fsp3) is 0.333. The predicted octanol–water partition coefficient (Wildman–Crippen LogP) is 3.48. The van der Waals surface area contributed by atoms with Gasteiger partial charge in [-0.05, 0) is 6.07 Å². The van der Waals surface area contributed by atoms with Crippen LogP contribution in [0.4, 0.5) is 22.0 Å². The number of carboxylic acids is 1. The Hall–Kier alpha value is -1.44. The number of hydrogen-bond acceptors (Lipinski definition) is 2. The molecule has 1 N–H and O–H groups in total. The molecule has 0 aliphatic rings. The molecule has 100 valence electrons. The number of aromatic carboxylic acids is 1. The second-order valence-electron chi connectivity index (χ2n) is 3.16. The Morgan fingerprint density at radius 3 is 2.33 bits per heavy atom. The molecule has 0 amide bonds. The first-order valence-corrected chi connectivity index (χ1v) is 4.90. The van der Waals surface area contributed by atoms with E-state index >= 15 is 0 Å². The molecule has 0 atom stereocenters. The normalized spacial score (nSPS) is 11.9. The molecule has 1 aromatic rings. The third-order valence-electron chi connectivity index (χ3n) is 2.00. The SMILES string of the molecule is O=C(O)c1nc(CCl)c(C(F)F)cc1C(F)(F)F. The third kappa shape index (κ3) is 2.87. The van der Waals surface area contributed by atoms with Crippen LogP contribution < -0.4 is 0 Å². The molecule has 0 fully saturated rings. The van der Waals surface area contributed by atoms with E-state index < -0.39 is 47.0 Å². The number of alkyl halides is 6. The van der Waals surface area contributed by atoms with Crippen molar-refractivity contribution in [3.63, 3.8) is 0 Å². The zero-order valence-corrected chi connectivity index (χ0v) is 9.19. The third-order valence-corrected chi connectivity index (χ3v) is 2.26. The molecule has 0 unspecified atom stereocenters. The number of pyridine rings is 1. The first-order valence-electron chi connectivity index (χ1n) is 4.37. The number of carbonyl (C=O) groups is 1. The maximum atomic E-state index is 12.5. The van der Waals surface area contributed by atoms with Gasteiger partial charge in [-0.3, -0.25) is 0 Å². The lowest BCUT2D eigenvalue weighted by Crippen LogP contribution is -2.17. The van der Waals surface area contributed by atoms with Crippen LogP contribution in [0, 0.1) is 0 Å². The molecule has 0 radical (unpaired) electrons. The molecule has 9 heteroatoms. The molecule has 0 aliphatic heterocycles. The van der Waals surface area contributed by atoms with Gasteiger partial charge < -0.3 is 5.11 Å². The van der Waals surface area contributed by atoms with E-state index in [2.05, 4.69) is 4.98 Å². The maximum Gasteiger partial charge on any atom is 0.418 e. The molecular weight excluding hydrogens is 285 g/mol. The summed E-state index contributed by atoms with van der Waals surface area (Å²) in [6.45, 7) is 0. The number of hydrogen-bond donors (Lipinski definition) is 1. The second kappa shape index (κ2) is 5.05. The summed E-state index contributed by atoms with van der Waals surface area (Å²) < 4.78 is 62.5. The summed E-state index contributed by atoms with van der Waals surface area (Å²) in [5, 5.41) is 8.59. The van der Waals surface area contributed by atoms with Crippen LogP contribution in [0.1, 0.15) is 33.7 Å². The Bertz CT molecular complexity index is 475. The van der Waals surface area contributed by atoms with E-state index in [4.69, 9.17) is 16.7 Å². The van der Waals surface area contributed by atoms with E-state index in [-0.39, 0.29) is 6.07 Å². The van der Waals surface area contributed by atoms with Crippen molar-refractivity contribution < 1.29 is 31.9 Å². The van der Waals surface area contributed by atoms with E-state index in [1.165, 1.54) is 0 Å². The molecule has 1 heterocycles. The summed E-state index contributed by atoms with van der Waals surface area (Å²) >= 11 is 5.25. The Kier molecular flexibility index (Phi) is 4.10. The number of halogens is 6. The van der Waals surface area contributed by atoms with Gasteiger partial charge >= 0.3 is 12.1 Å². The Morgan fingerprint density at radius 2 is 2.00 bits per heavy atom. The molecular formula is C9H5ClF5NO2. The van der Waals surface area contributed by atoms with E-state index in [1.54, 1.807) is 0 Å². The molecule has 1 aromatic heterocycles. The Balaban J connectivity index is 3.58. The summed E-state index contributed by atoms with van der Waals surface area (Å²) in [7, 11) is 0. The summed E-state index contributed by atoms with van der Waals surface area (Å²) in [5.41, 5.74) is -4.68. The second-order valence-corrected chi connectivity index (χ2v) is 3.42. The van der Waals surface area contributed by atoms with Gasteiger partial charge in [0.1, 0.15) is 0 Å². The minimum Gasteiger partial charge on any atom is -0.476 e. The van der Waals surface area contributed by atoms with Crippen molar-refractivity contribution in [1.82, 2.24) is 4.98 Å². The summed E-state index contributed by atoms with van der Waals surface area (Å²) in [6, 6.07) is 0.0683. The summed E-state index contributed by atoms with van der Waals surface area (Å²) in [6.07, 6.45) is -8.31. The summed E-state index contributed by atoms with van der Waals surface area (Å²) in [5.74, 6) is -2.58. The topological polar surface area (TPSA) is 50.2 Å². The molecule has 0 spiro atoms. The molecule has 0 saturated heterocycles. The first kappa shape index (κ1) is 14.6. The van der Waals surface area contributed by atoms with Gasteiger partial charge in [0.05, 0.1) is 17.1 Å². The Morgan fingerprint density at radius 1 is 1.44 bits per heavy atom. The van der Waals surface area contributed by atoms with Crippen molar-refractivity contribution in [2.75, 3.05) is 0 Å². The van der Waals surface area contributed by atoms with E-state index in [1.807, 2.05) is 0 Å². The molecule has 0 aromatic carbocycles. The van der Waals surface area contributed by atoms with Gasteiger partial charge in [-0.1, -0.05) is 0 Å². The lowest BCUT2D eigenvalue weighted by Gasteiger charge is -2.13. The van der Waals surface area contributed by atoms with Gasteiger partial charge in [-0.25, -0.2) is 18.6 Å². The van der Waals surface area contributed by atoms with Crippen molar-refractivity contribution in [2.24, 2.45) is 0 Å². The quantitative estimate of drug-likeness (QED) is 0.684. The average molecular weight is 290 g/mol. The molecule has 0 aliphatic carbocycles. The molecule has 18 heavy (non-hydrogen) atoms. The van der Waals surface area contributed by atoms with Gasteiger partial charge in [0, 0.05) is 5.56 Å². The van der Waals surface area contributed by atoms with Gasteiger partial charge in [0.15, 0.2) is 5.69 Å². The monoisotopic (exact) mass is 289 g/mol. The van der Waals surface area contributed by atoms with Gasteiger partial charge in [-0.2, -0.15) is 13.2 Å². The van der Waals surface area contributed by atoms with Crippen LogP contribution in [0.3, 0.4) is 0 Å². The van der Waals surface area contributed by atoms with Gasteiger partial charge in [-0.15, -0.1) is 11.6 Å². The van der Waals surface area contributed by atoms with Crippen LogP contribution in [-0.2, 0) is 12.1 Å². The van der Waals surface area contributed by atoms with Crippen molar-refractivity contribution in [3.05, 3.63) is 28.6 Å². The number of carboxylic acid groups (broad SMARTS) is 1. The Labute approximate surface area is 102 Å². The molecule has 1 rings (SSSR count).